The van der Waals surface area contributed by atoms with Crippen molar-refractivity contribution >= 4 is 40.8 Å². The zero-order chi connectivity index (χ0) is 19.3. The standard InChI is InChI=1S/C18H19N5O2S/c1-5-10-26-18(25)23-17(20-11-19)16(12(2)21-23)14-6-8-15(9-7-14)22(4)13(3)24/h1,6-9,11H,10H2,2-4H3,(H2,19,20). The van der Waals surface area contributed by atoms with Gasteiger partial charge in [-0.3, -0.25) is 9.59 Å². The fourth-order valence-electron chi connectivity index (χ4n) is 2.37. The molecule has 0 aliphatic heterocycles. The number of benzene rings is 1. The molecule has 0 spiro atoms. The third-order valence-corrected chi connectivity index (χ3v) is 4.43. The molecule has 0 atom stereocenters. The topological polar surface area (TPSA) is 93.6 Å². The van der Waals surface area contributed by atoms with E-state index in [-0.39, 0.29) is 16.9 Å². The van der Waals surface area contributed by atoms with E-state index in [1.807, 2.05) is 24.3 Å². The summed E-state index contributed by atoms with van der Waals surface area (Å²) in [6.45, 7) is 3.28. The van der Waals surface area contributed by atoms with Crippen LogP contribution < -0.4 is 10.6 Å². The molecule has 1 heterocycles. The Morgan fingerprint density at radius 3 is 2.62 bits per heavy atom. The number of rotatable bonds is 4. The summed E-state index contributed by atoms with van der Waals surface area (Å²) >= 11 is 0.963. The predicted octanol–water partition coefficient (Wildman–Crippen LogP) is 2.79. The summed E-state index contributed by atoms with van der Waals surface area (Å²) in [6.07, 6.45) is 6.33. The van der Waals surface area contributed by atoms with E-state index in [0.717, 1.165) is 29.4 Å². The highest BCUT2D eigenvalue weighted by atomic mass is 32.2. The summed E-state index contributed by atoms with van der Waals surface area (Å²) < 4.78 is 1.20. The second-order valence-electron chi connectivity index (χ2n) is 5.36. The highest BCUT2D eigenvalue weighted by molar-refractivity contribution is 8.13. The second-order valence-corrected chi connectivity index (χ2v) is 6.28. The van der Waals surface area contributed by atoms with Gasteiger partial charge < -0.3 is 10.6 Å². The summed E-state index contributed by atoms with van der Waals surface area (Å²) in [4.78, 5) is 29.5. The van der Waals surface area contributed by atoms with Crippen LogP contribution in [0.5, 0.6) is 0 Å². The number of nitrogens with zero attached hydrogens (tertiary/aromatic N) is 4. The van der Waals surface area contributed by atoms with E-state index in [9.17, 15) is 9.59 Å². The summed E-state index contributed by atoms with van der Waals surface area (Å²) in [7, 11) is 1.70. The van der Waals surface area contributed by atoms with Crippen LogP contribution in [-0.2, 0) is 4.79 Å². The first-order chi connectivity index (χ1) is 12.4. The SMILES string of the molecule is C#CCSC(=O)n1nc(C)c(-c2ccc(N(C)C(C)=O)cc2)c1/N=C\N. The van der Waals surface area contributed by atoms with Crippen molar-refractivity contribution in [3.8, 4) is 23.5 Å². The Bertz CT molecular complexity index is 894. The first kappa shape index (κ1) is 19.3. The largest absolute Gasteiger partial charge is 0.390 e. The average molecular weight is 369 g/mol. The molecule has 0 saturated carbocycles. The second kappa shape index (κ2) is 8.36. The molecule has 26 heavy (non-hydrogen) atoms. The van der Waals surface area contributed by atoms with E-state index in [1.165, 1.54) is 11.6 Å². The van der Waals surface area contributed by atoms with Crippen LogP contribution in [0, 0.1) is 19.3 Å². The maximum absolute atomic E-state index is 12.3. The quantitative estimate of drug-likeness (QED) is 0.508. The van der Waals surface area contributed by atoms with Crippen LogP contribution in [0.25, 0.3) is 11.1 Å². The molecule has 2 aromatic rings. The third kappa shape index (κ3) is 3.95. The number of carbonyl (C=O) groups excluding carboxylic acids is 2. The van der Waals surface area contributed by atoms with Crippen molar-refractivity contribution in [2.75, 3.05) is 17.7 Å². The van der Waals surface area contributed by atoms with Gasteiger partial charge in [-0.15, -0.1) is 6.42 Å². The molecule has 0 saturated heterocycles. The molecular weight excluding hydrogens is 350 g/mol. The van der Waals surface area contributed by atoms with E-state index >= 15 is 0 Å². The van der Waals surface area contributed by atoms with Gasteiger partial charge in [0, 0.05) is 25.2 Å². The number of aromatic nitrogens is 2. The Morgan fingerprint density at radius 1 is 1.42 bits per heavy atom. The molecule has 1 amide bonds. The molecule has 2 N–H and O–H groups in total. The van der Waals surface area contributed by atoms with Gasteiger partial charge in [-0.05, 0) is 36.4 Å². The van der Waals surface area contributed by atoms with Crippen LogP contribution in [0.1, 0.15) is 12.6 Å². The normalized spacial score (nSPS) is 10.7. The molecule has 0 radical (unpaired) electrons. The van der Waals surface area contributed by atoms with E-state index in [0.29, 0.717) is 17.1 Å². The van der Waals surface area contributed by atoms with E-state index in [1.54, 1.807) is 18.9 Å². The van der Waals surface area contributed by atoms with Crippen LogP contribution in [-0.4, -0.2) is 40.1 Å². The van der Waals surface area contributed by atoms with Gasteiger partial charge in [0.05, 0.1) is 17.8 Å². The molecule has 0 fully saturated rings. The number of thioether (sulfide) groups is 1. The lowest BCUT2D eigenvalue weighted by Crippen LogP contribution is -2.22. The van der Waals surface area contributed by atoms with Crippen molar-refractivity contribution in [3.05, 3.63) is 30.0 Å². The Hall–Kier alpha value is -3.05. The van der Waals surface area contributed by atoms with Gasteiger partial charge in [0.1, 0.15) is 0 Å². The van der Waals surface area contributed by atoms with Gasteiger partial charge in [-0.25, -0.2) is 4.99 Å². The van der Waals surface area contributed by atoms with Gasteiger partial charge in [0.15, 0.2) is 5.82 Å². The van der Waals surface area contributed by atoms with Crippen molar-refractivity contribution in [1.29, 1.82) is 0 Å². The number of hydrogen-bond donors (Lipinski definition) is 1. The van der Waals surface area contributed by atoms with E-state index in [4.69, 9.17) is 12.2 Å². The smallest absolute Gasteiger partial charge is 0.308 e. The number of anilines is 1. The maximum Gasteiger partial charge on any atom is 0.308 e. The number of aryl methyl sites for hydroxylation is 1. The zero-order valence-electron chi connectivity index (χ0n) is 14.8. The van der Waals surface area contributed by atoms with E-state index in [2.05, 4.69) is 16.0 Å². The molecule has 0 unspecified atom stereocenters. The molecule has 2 rings (SSSR count). The molecule has 1 aromatic carbocycles. The minimum atomic E-state index is -0.328. The highest BCUT2D eigenvalue weighted by Crippen LogP contribution is 2.35. The average Bonchev–Trinajstić information content (AvgIpc) is 2.95. The van der Waals surface area contributed by atoms with Crippen LogP contribution in [0.4, 0.5) is 16.3 Å². The lowest BCUT2D eigenvalue weighted by atomic mass is 10.1. The number of carbonyl (C=O) groups is 2. The number of aliphatic imine (C=N–C) groups is 1. The molecule has 0 aliphatic carbocycles. The first-order valence-electron chi connectivity index (χ1n) is 7.70. The molecule has 0 aliphatic rings. The minimum Gasteiger partial charge on any atom is -0.390 e. The van der Waals surface area contributed by atoms with Crippen LogP contribution in [0.2, 0.25) is 0 Å². The van der Waals surface area contributed by atoms with Crippen molar-refractivity contribution in [3.63, 3.8) is 0 Å². The fraction of sp³-hybridized carbons (Fsp3) is 0.222. The maximum atomic E-state index is 12.3. The Kier molecular flexibility index (Phi) is 6.20. The molecular formula is C18H19N5O2S. The highest BCUT2D eigenvalue weighted by Gasteiger charge is 2.21. The van der Waals surface area contributed by atoms with E-state index < -0.39 is 0 Å². The molecule has 1 aromatic heterocycles. The number of nitrogens with two attached hydrogens (primary N) is 1. The van der Waals surface area contributed by atoms with Gasteiger partial charge in [0.25, 0.3) is 0 Å². The zero-order valence-corrected chi connectivity index (χ0v) is 15.6. The van der Waals surface area contributed by atoms with Crippen molar-refractivity contribution in [2.45, 2.75) is 13.8 Å². The minimum absolute atomic E-state index is 0.0636. The van der Waals surface area contributed by atoms with Crippen molar-refractivity contribution in [1.82, 2.24) is 9.78 Å². The Balaban J connectivity index is 2.49. The number of terminal acetylenes is 1. The molecule has 8 heteroatoms. The predicted molar refractivity (Wildman–Crippen MR) is 106 cm³/mol. The van der Waals surface area contributed by atoms with Crippen molar-refractivity contribution < 1.29 is 9.59 Å². The lowest BCUT2D eigenvalue weighted by Gasteiger charge is -2.15. The van der Waals surface area contributed by atoms with Gasteiger partial charge in [0.2, 0.25) is 5.91 Å². The fourth-order valence-corrected chi connectivity index (χ4v) is 2.82. The van der Waals surface area contributed by atoms with Crippen molar-refractivity contribution in [2.24, 2.45) is 10.7 Å². The molecule has 134 valence electrons. The third-order valence-electron chi connectivity index (χ3n) is 3.70. The summed E-state index contributed by atoms with van der Waals surface area (Å²) in [5, 5.41) is 3.96. The summed E-state index contributed by atoms with van der Waals surface area (Å²) in [5.41, 5.74) is 8.35. The first-order valence-corrected chi connectivity index (χ1v) is 8.68. The van der Waals surface area contributed by atoms with Crippen LogP contribution >= 0.6 is 11.8 Å². The summed E-state index contributed by atoms with van der Waals surface area (Å²) in [5.74, 6) is 2.92. The molecule has 0 bridgehead atoms. The monoisotopic (exact) mass is 369 g/mol. The van der Waals surface area contributed by atoms with Crippen LogP contribution in [0.15, 0.2) is 29.3 Å². The van der Waals surface area contributed by atoms with Gasteiger partial charge >= 0.3 is 5.24 Å². The lowest BCUT2D eigenvalue weighted by molar-refractivity contribution is -0.116. The van der Waals surface area contributed by atoms with Crippen LogP contribution in [0.3, 0.4) is 0 Å². The summed E-state index contributed by atoms with van der Waals surface area (Å²) in [6, 6.07) is 7.33. The van der Waals surface area contributed by atoms with Gasteiger partial charge in [-0.1, -0.05) is 18.1 Å². The Labute approximate surface area is 156 Å². The number of hydrogen-bond acceptors (Lipinski definition) is 5. The number of amides is 1. The van der Waals surface area contributed by atoms with Gasteiger partial charge in [-0.2, -0.15) is 9.78 Å². The Morgan fingerprint density at radius 2 is 2.08 bits per heavy atom. The molecule has 7 nitrogen and oxygen atoms in total.